The number of carbonyl (C=O) groups excluding carboxylic acids is 2. The summed E-state index contributed by atoms with van der Waals surface area (Å²) in [5.41, 5.74) is 8.18. The molecule has 162 valence electrons. The van der Waals surface area contributed by atoms with Crippen molar-refractivity contribution in [3.63, 3.8) is 0 Å². The van der Waals surface area contributed by atoms with E-state index in [9.17, 15) is 9.59 Å². The molecule has 0 fully saturated rings. The van der Waals surface area contributed by atoms with Crippen molar-refractivity contribution in [3.8, 4) is 11.3 Å². The van der Waals surface area contributed by atoms with Gasteiger partial charge in [-0.1, -0.05) is 60.7 Å². The lowest BCUT2D eigenvalue weighted by atomic mass is 10.0. The number of carbonyl (C=O) groups is 2. The Balaban J connectivity index is 1.38. The Morgan fingerprint density at radius 2 is 1.64 bits per heavy atom. The Morgan fingerprint density at radius 3 is 2.42 bits per heavy atom. The van der Waals surface area contributed by atoms with E-state index >= 15 is 0 Å². The molecule has 3 N–H and O–H groups in total. The minimum Gasteiger partial charge on any atom is -0.368 e. The van der Waals surface area contributed by atoms with Gasteiger partial charge in [0, 0.05) is 12.0 Å². The molecule has 7 nitrogen and oxygen atoms in total. The first-order valence-electron chi connectivity index (χ1n) is 10.6. The average Bonchev–Trinajstić information content (AvgIpc) is 3.31. The number of hydrogen-bond acceptors (Lipinski definition) is 5. The van der Waals surface area contributed by atoms with Gasteiger partial charge in [0.25, 0.3) is 5.91 Å². The zero-order valence-corrected chi connectivity index (χ0v) is 17.7. The molecule has 0 saturated heterocycles. The maximum absolute atomic E-state index is 12.9. The summed E-state index contributed by atoms with van der Waals surface area (Å²) < 4.78 is 0. The minimum atomic E-state index is -0.718. The van der Waals surface area contributed by atoms with Gasteiger partial charge in [-0.05, 0) is 41.1 Å². The fraction of sp³-hybridized carbons (Fsp3) is 0.0769. The average molecular weight is 435 g/mol. The summed E-state index contributed by atoms with van der Waals surface area (Å²) in [5, 5.41) is 10.9. The molecule has 1 aromatic heterocycles. The second kappa shape index (κ2) is 8.55. The van der Waals surface area contributed by atoms with E-state index in [4.69, 9.17) is 5.73 Å². The van der Waals surface area contributed by atoms with Crippen LogP contribution >= 0.6 is 0 Å². The Bertz CT molecular complexity index is 1380. The molecule has 0 radical (unpaired) electrons. The number of fused-ring (bicyclic) bond motifs is 1. The third kappa shape index (κ3) is 4.16. The van der Waals surface area contributed by atoms with E-state index in [2.05, 4.69) is 33.6 Å². The molecule has 1 aliphatic heterocycles. The van der Waals surface area contributed by atoms with Crippen LogP contribution in [0.25, 0.3) is 22.0 Å². The predicted octanol–water partition coefficient (Wildman–Crippen LogP) is 3.96. The van der Waals surface area contributed by atoms with Gasteiger partial charge in [-0.3, -0.25) is 14.6 Å². The number of nitrogens with two attached hydrogens (primary N) is 1. The molecule has 0 saturated carbocycles. The maximum Gasteiger partial charge on any atom is 0.273 e. The Kier molecular flexibility index (Phi) is 5.28. The highest BCUT2D eigenvalue weighted by molar-refractivity contribution is 6.44. The second-order valence-corrected chi connectivity index (χ2v) is 7.77. The van der Waals surface area contributed by atoms with Crippen molar-refractivity contribution in [2.24, 2.45) is 10.8 Å². The summed E-state index contributed by atoms with van der Waals surface area (Å²) in [7, 11) is 0. The SMILES string of the molecule is NC(=O)[C@H]1CC(C(=O)Nc2cccc(-c3ccc4ccccc4c3)n2)=NN1c1ccccc1. The third-order valence-electron chi connectivity index (χ3n) is 5.56. The largest absolute Gasteiger partial charge is 0.368 e. The van der Waals surface area contributed by atoms with Gasteiger partial charge in [-0.25, -0.2) is 4.98 Å². The minimum absolute atomic E-state index is 0.125. The van der Waals surface area contributed by atoms with E-state index in [-0.39, 0.29) is 12.1 Å². The molecule has 0 unspecified atom stereocenters. The Labute approximate surface area is 190 Å². The zero-order valence-electron chi connectivity index (χ0n) is 17.7. The van der Waals surface area contributed by atoms with Gasteiger partial charge < -0.3 is 11.1 Å². The van der Waals surface area contributed by atoms with Crippen LogP contribution in [-0.4, -0.2) is 28.6 Å². The molecular formula is C26H21N5O2. The van der Waals surface area contributed by atoms with Gasteiger partial charge in [0.1, 0.15) is 17.6 Å². The quantitative estimate of drug-likeness (QED) is 0.495. The number of aromatic nitrogens is 1. The molecule has 7 heteroatoms. The lowest BCUT2D eigenvalue weighted by Gasteiger charge is -2.20. The summed E-state index contributed by atoms with van der Waals surface area (Å²) in [5.74, 6) is -0.549. The van der Waals surface area contributed by atoms with Crippen LogP contribution in [-0.2, 0) is 9.59 Å². The number of hydrazone groups is 1. The number of pyridine rings is 1. The summed E-state index contributed by atoms with van der Waals surface area (Å²) in [4.78, 5) is 29.5. The van der Waals surface area contributed by atoms with Crippen LogP contribution < -0.4 is 16.1 Å². The highest BCUT2D eigenvalue weighted by Crippen LogP contribution is 2.26. The standard InChI is InChI=1S/C26H21N5O2/c27-25(32)23-16-22(30-31(23)20-9-2-1-3-10-20)26(33)29-24-12-6-11-21(28-24)19-14-13-17-7-4-5-8-18(17)15-19/h1-15,23H,16H2,(H2,27,32)(H,28,29,33)/t23-/m1/s1. The number of benzene rings is 3. The van der Waals surface area contributed by atoms with E-state index in [0.717, 1.165) is 22.0 Å². The van der Waals surface area contributed by atoms with Crippen LogP contribution in [0.3, 0.4) is 0 Å². The molecule has 1 atom stereocenters. The topological polar surface area (TPSA) is 101 Å². The molecule has 5 rings (SSSR count). The number of nitrogens with one attached hydrogen (secondary N) is 1. The number of nitrogens with zero attached hydrogens (tertiary/aromatic N) is 3. The van der Waals surface area contributed by atoms with Crippen molar-refractivity contribution >= 4 is 39.8 Å². The third-order valence-corrected chi connectivity index (χ3v) is 5.56. The van der Waals surface area contributed by atoms with Crippen LogP contribution in [0.4, 0.5) is 11.5 Å². The normalized spacial score (nSPS) is 15.3. The number of anilines is 2. The van der Waals surface area contributed by atoms with Gasteiger partial charge in [-0.2, -0.15) is 5.10 Å². The number of amides is 2. The summed E-state index contributed by atoms with van der Waals surface area (Å²) in [6, 6.07) is 28.1. The van der Waals surface area contributed by atoms with Crippen molar-refractivity contribution in [3.05, 3.63) is 91.0 Å². The molecule has 3 aromatic carbocycles. The molecule has 33 heavy (non-hydrogen) atoms. The first-order valence-corrected chi connectivity index (χ1v) is 10.6. The number of para-hydroxylation sites is 1. The molecule has 0 bridgehead atoms. The fourth-order valence-corrected chi connectivity index (χ4v) is 3.89. The summed E-state index contributed by atoms with van der Waals surface area (Å²) in [6.07, 6.45) is 0.125. The zero-order chi connectivity index (χ0) is 22.8. The highest BCUT2D eigenvalue weighted by atomic mass is 16.2. The number of primary amides is 1. The molecule has 1 aliphatic rings. The summed E-state index contributed by atoms with van der Waals surface area (Å²) >= 11 is 0. The lowest BCUT2D eigenvalue weighted by Crippen LogP contribution is -2.39. The van der Waals surface area contributed by atoms with Crippen molar-refractivity contribution in [2.75, 3.05) is 10.3 Å². The molecule has 2 amide bonds. The smallest absolute Gasteiger partial charge is 0.273 e. The van der Waals surface area contributed by atoms with Crippen LogP contribution in [0, 0.1) is 0 Å². The van der Waals surface area contributed by atoms with Crippen molar-refractivity contribution in [2.45, 2.75) is 12.5 Å². The summed E-state index contributed by atoms with van der Waals surface area (Å²) in [6.45, 7) is 0. The van der Waals surface area contributed by atoms with E-state index in [0.29, 0.717) is 11.5 Å². The maximum atomic E-state index is 12.9. The van der Waals surface area contributed by atoms with E-state index in [1.54, 1.807) is 6.07 Å². The van der Waals surface area contributed by atoms with Gasteiger partial charge in [0.15, 0.2) is 0 Å². The lowest BCUT2D eigenvalue weighted by molar-refractivity contribution is -0.119. The van der Waals surface area contributed by atoms with Gasteiger partial charge in [-0.15, -0.1) is 0 Å². The Hall–Kier alpha value is -4.52. The van der Waals surface area contributed by atoms with Crippen LogP contribution in [0.1, 0.15) is 6.42 Å². The molecule has 0 aliphatic carbocycles. The fourth-order valence-electron chi connectivity index (χ4n) is 3.89. The van der Waals surface area contributed by atoms with Gasteiger partial charge >= 0.3 is 0 Å². The van der Waals surface area contributed by atoms with Crippen LogP contribution in [0.2, 0.25) is 0 Å². The first kappa shape index (κ1) is 20.4. The Morgan fingerprint density at radius 1 is 0.879 bits per heavy atom. The number of hydrogen-bond donors (Lipinski definition) is 2. The first-order chi connectivity index (χ1) is 16.1. The van der Waals surface area contributed by atoms with Gasteiger partial charge in [0.05, 0.1) is 11.4 Å². The molecule has 4 aromatic rings. The highest BCUT2D eigenvalue weighted by Gasteiger charge is 2.35. The molecule has 2 heterocycles. The van der Waals surface area contributed by atoms with E-state index in [1.165, 1.54) is 5.01 Å². The van der Waals surface area contributed by atoms with E-state index in [1.807, 2.05) is 66.7 Å². The van der Waals surface area contributed by atoms with Crippen molar-refractivity contribution in [1.29, 1.82) is 0 Å². The molecule has 0 spiro atoms. The van der Waals surface area contributed by atoms with E-state index < -0.39 is 17.9 Å². The van der Waals surface area contributed by atoms with Crippen molar-refractivity contribution in [1.82, 2.24) is 4.98 Å². The van der Waals surface area contributed by atoms with Crippen LogP contribution in [0.15, 0.2) is 96.1 Å². The van der Waals surface area contributed by atoms with Crippen molar-refractivity contribution < 1.29 is 9.59 Å². The predicted molar refractivity (Wildman–Crippen MR) is 130 cm³/mol. The second-order valence-electron chi connectivity index (χ2n) is 7.77. The number of rotatable bonds is 5. The van der Waals surface area contributed by atoms with Gasteiger partial charge in [0.2, 0.25) is 5.91 Å². The van der Waals surface area contributed by atoms with Crippen LogP contribution in [0.5, 0.6) is 0 Å². The monoisotopic (exact) mass is 435 g/mol. The molecular weight excluding hydrogens is 414 g/mol.